The van der Waals surface area contributed by atoms with Crippen LogP contribution in [0.2, 0.25) is 0 Å². The lowest BCUT2D eigenvalue weighted by Crippen LogP contribution is -2.58. The maximum absolute atomic E-state index is 13.6. The molecule has 2 N–H and O–H groups in total. The summed E-state index contributed by atoms with van der Waals surface area (Å²) in [6.45, 7) is 4.09. The van der Waals surface area contributed by atoms with E-state index in [0.717, 1.165) is 29.1 Å². The van der Waals surface area contributed by atoms with Crippen LogP contribution in [0.1, 0.15) is 57.4 Å². The average Bonchev–Trinajstić information content (AvgIpc) is 3.15. The van der Waals surface area contributed by atoms with Crippen LogP contribution in [0.15, 0.2) is 24.3 Å². The first-order valence-electron chi connectivity index (χ1n) is 13.7. The molecule has 35 heavy (non-hydrogen) atoms. The summed E-state index contributed by atoms with van der Waals surface area (Å²) in [5.41, 5.74) is 0.830. The molecule has 8 atom stereocenters. The molecule has 1 aromatic carbocycles. The molecule has 6 rings (SSSR count). The van der Waals surface area contributed by atoms with E-state index in [1.54, 1.807) is 7.11 Å². The molecule has 0 aromatic heterocycles. The van der Waals surface area contributed by atoms with E-state index < -0.39 is 5.60 Å². The largest absolute Gasteiger partial charge is 0.497 e. The second kappa shape index (κ2) is 8.11. The Bertz CT molecular complexity index is 995. The summed E-state index contributed by atoms with van der Waals surface area (Å²) in [5, 5.41) is 15.4. The number of nitrogens with zero attached hydrogens (tertiary/aromatic N) is 2. The number of aliphatic hydroxyl groups is 1. The van der Waals surface area contributed by atoms with Crippen LogP contribution in [-0.4, -0.2) is 67.8 Å². The van der Waals surface area contributed by atoms with Crippen molar-refractivity contribution in [2.75, 3.05) is 40.8 Å². The zero-order valence-corrected chi connectivity index (χ0v) is 21.9. The number of carbonyl (C=O) groups excluding carboxylic acids is 1. The molecule has 6 nitrogen and oxygen atoms in total. The van der Waals surface area contributed by atoms with Crippen LogP contribution in [0.4, 0.5) is 4.79 Å². The SMILES string of the molecule is COc1cccc(C2(O)CCN(C(=O)NC(C)C34CC5CC6CC(C3)C6(C5)C4)CC2CN(C)C)c1. The molecule has 1 aromatic rings. The first kappa shape index (κ1) is 23.6. The van der Waals surface area contributed by atoms with Crippen LogP contribution in [-0.2, 0) is 5.60 Å². The second-order valence-corrected chi connectivity index (χ2v) is 13.1. The van der Waals surface area contributed by atoms with E-state index in [1.807, 2.05) is 43.3 Å². The van der Waals surface area contributed by atoms with Crippen LogP contribution in [0, 0.1) is 34.5 Å². The van der Waals surface area contributed by atoms with Crippen molar-refractivity contribution in [3.8, 4) is 5.75 Å². The number of benzene rings is 1. The molecular formula is C29H43N3O3. The lowest BCUT2D eigenvalue weighted by atomic mass is 9.55. The highest BCUT2D eigenvalue weighted by molar-refractivity contribution is 5.75. The number of ether oxygens (including phenoxy) is 1. The zero-order valence-electron chi connectivity index (χ0n) is 21.9. The molecule has 192 valence electrons. The molecule has 4 saturated carbocycles. The van der Waals surface area contributed by atoms with Gasteiger partial charge >= 0.3 is 6.03 Å². The minimum Gasteiger partial charge on any atom is -0.497 e. The van der Waals surface area contributed by atoms with Gasteiger partial charge in [0, 0.05) is 31.6 Å². The van der Waals surface area contributed by atoms with Gasteiger partial charge in [-0.05, 0) is 112 Å². The molecule has 5 fully saturated rings. The van der Waals surface area contributed by atoms with Crippen LogP contribution in [0.3, 0.4) is 0 Å². The van der Waals surface area contributed by atoms with Crippen molar-refractivity contribution in [2.24, 2.45) is 34.5 Å². The highest BCUT2D eigenvalue weighted by atomic mass is 16.5. The first-order valence-corrected chi connectivity index (χ1v) is 13.7. The quantitative estimate of drug-likeness (QED) is 0.643. The molecular weight excluding hydrogens is 438 g/mol. The van der Waals surface area contributed by atoms with Crippen molar-refractivity contribution in [1.82, 2.24) is 15.1 Å². The Morgan fingerprint density at radius 3 is 2.86 bits per heavy atom. The molecule has 0 radical (unpaired) electrons. The van der Waals surface area contributed by atoms with Gasteiger partial charge in [0.2, 0.25) is 0 Å². The number of amides is 2. The van der Waals surface area contributed by atoms with Gasteiger partial charge in [-0.15, -0.1) is 0 Å². The predicted molar refractivity (Wildman–Crippen MR) is 136 cm³/mol. The lowest BCUT2D eigenvalue weighted by molar-refractivity contribution is -0.0762. The zero-order chi connectivity index (χ0) is 24.6. The molecule has 1 saturated heterocycles. The van der Waals surface area contributed by atoms with Crippen LogP contribution < -0.4 is 10.1 Å². The van der Waals surface area contributed by atoms with Crippen LogP contribution in [0.5, 0.6) is 5.75 Å². The van der Waals surface area contributed by atoms with Gasteiger partial charge in [0.1, 0.15) is 5.75 Å². The smallest absolute Gasteiger partial charge is 0.317 e. The summed E-state index contributed by atoms with van der Waals surface area (Å²) >= 11 is 0. The summed E-state index contributed by atoms with van der Waals surface area (Å²) in [6, 6.07) is 8.04. The minimum atomic E-state index is -0.985. The first-order chi connectivity index (χ1) is 16.7. The Kier molecular flexibility index (Phi) is 5.47. The average molecular weight is 482 g/mol. The maximum Gasteiger partial charge on any atom is 0.317 e. The monoisotopic (exact) mass is 481 g/mol. The molecule has 5 aliphatic rings. The Balaban J connectivity index is 1.16. The molecule has 1 spiro atoms. The predicted octanol–water partition coefficient (Wildman–Crippen LogP) is 4.08. The number of fused-ring (bicyclic) bond motifs is 2. The molecule has 3 bridgehead atoms. The van der Waals surface area contributed by atoms with Crippen molar-refractivity contribution < 1.29 is 14.6 Å². The van der Waals surface area contributed by atoms with Crippen molar-refractivity contribution in [3.63, 3.8) is 0 Å². The minimum absolute atomic E-state index is 0.0505. The highest BCUT2D eigenvalue weighted by Gasteiger charge is 2.71. The fourth-order valence-corrected chi connectivity index (χ4v) is 9.49. The summed E-state index contributed by atoms with van der Waals surface area (Å²) < 4.78 is 5.42. The number of piperidine rings is 1. The number of likely N-dealkylation sites (tertiary alicyclic amines) is 1. The third-order valence-electron chi connectivity index (χ3n) is 11.1. The fraction of sp³-hybridized carbons (Fsp3) is 0.759. The molecule has 1 heterocycles. The number of methoxy groups -OCH3 is 1. The summed E-state index contributed by atoms with van der Waals surface area (Å²) in [7, 11) is 5.72. The van der Waals surface area contributed by atoms with Gasteiger partial charge in [-0.2, -0.15) is 0 Å². The molecule has 4 aliphatic carbocycles. The van der Waals surface area contributed by atoms with Gasteiger partial charge < -0.3 is 25.0 Å². The third-order valence-corrected chi connectivity index (χ3v) is 11.1. The molecule has 8 unspecified atom stereocenters. The topological polar surface area (TPSA) is 65.0 Å². The van der Waals surface area contributed by atoms with E-state index in [2.05, 4.69) is 17.1 Å². The van der Waals surface area contributed by atoms with Crippen LogP contribution >= 0.6 is 0 Å². The van der Waals surface area contributed by atoms with E-state index in [0.29, 0.717) is 36.9 Å². The van der Waals surface area contributed by atoms with Gasteiger partial charge in [-0.3, -0.25) is 0 Å². The standard InChI is InChI=1S/C29H43N3O3/c1-19(27-13-20-10-22-11-23(15-27)28(22,14-20)18-27)30-26(33)32-9-8-29(34,24(17-32)16-31(2)3)21-6-5-7-25(12-21)35-4/h5-7,12,19-20,22-24,34H,8-11,13-18H2,1-4H3,(H,30,33). The third kappa shape index (κ3) is 3.53. The van der Waals surface area contributed by atoms with E-state index in [9.17, 15) is 9.90 Å². The van der Waals surface area contributed by atoms with Gasteiger partial charge in [0.05, 0.1) is 12.7 Å². The van der Waals surface area contributed by atoms with Gasteiger partial charge in [0.25, 0.3) is 0 Å². The Labute approximate surface area is 210 Å². The molecule has 1 aliphatic heterocycles. The number of hydrogen-bond acceptors (Lipinski definition) is 4. The van der Waals surface area contributed by atoms with Gasteiger partial charge in [-0.25, -0.2) is 4.79 Å². The number of carbonyl (C=O) groups is 1. The Morgan fingerprint density at radius 2 is 2.09 bits per heavy atom. The van der Waals surface area contributed by atoms with E-state index in [4.69, 9.17) is 4.74 Å². The Hall–Kier alpha value is -1.79. The molecule has 2 amide bonds. The van der Waals surface area contributed by atoms with Gasteiger partial charge in [-0.1, -0.05) is 12.1 Å². The fourth-order valence-electron chi connectivity index (χ4n) is 9.49. The van der Waals surface area contributed by atoms with E-state index in [-0.39, 0.29) is 18.0 Å². The highest BCUT2D eigenvalue weighted by Crippen LogP contribution is 2.79. The van der Waals surface area contributed by atoms with Crippen molar-refractivity contribution in [1.29, 1.82) is 0 Å². The Morgan fingerprint density at radius 1 is 1.26 bits per heavy atom. The number of nitrogens with one attached hydrogen (secondary N) is 1. The number of urea groups is 1. The van der Waals surface area contributed by atoms with E-state index in [1.165, 1.54) is 38.5 Å². The van der Waals surface area contributed by atoms with Crippen LogP contribution in [0.25, 0.3) is 0 Å². The van der Waals surface area contributed by atoms with Crippen molar-refractivity contribution in [2.45, 2.75) is 63.5 Å². The lowest BCUT2D eigenvalue weighted by Gasteiger charge is -2.50. The molecule has 6 heteroatoms. The summed E-state index contributed by atoms with van der Waals surface area (Å²) in [4.78, 5) is 17.6. The summed E-state index contributed by atoms with van der Waals surface area (Å²) in [6.07, 6.45) is 8.85. The number of rotatable bonds is 6. The van der Waals surface area contributed by atoms with E-state index >= 15 is 0 Å². The van der Waals surface area contributed by atoms with Crippen molar-refractivity contribution >= 4 is 6.03 Å². The number of hydrogen-bond donors (Lipinski definition) is 2. The summed E-state index contributed by atoms with van der Waals surface area (Å²) in [5.74, 6) is 3.45. The maximum atomic E-state index is 13.6. The second-order valence-electron chi connectivity index (χ2n) is 13.1. The van der Waals surface area contributed by atoms with Crippen molar-refractivity contribution in [3.05, 3.63) is 29.8 Å². The van der Waals surface area contributed by atoms with Gasteiger partial charge in [0.15, 0.2) is 0 Å². The normalized spacial score (nSPS) is 42.1.